The number of nitrogens with zero attached hydrogens (tertiary/aromatic N) is 1. The molecule has 0 fully saturated rings. The Balaban J connectivity index is 2.09. The van der Waals surface area contributed by atoms with Crippen molar-refractivity contribution in [1.29, 1.82) is 0 Å². The zero-order valence-corrected chi connectivity index (χ0v) is 13.9. The average molecular weight is 322 g/mol. The average Bonchev–Trinajstić information content (AvgIpc) is 2.57. The minimum Gasteiger partial charge on any atom is -0.465 e. The van der Waals surface area contributed by atoms with Crippen LogP contribution in [-0.2, 0) is 20.9 Å². The number of amides is 1. The number of benzene rings is 1. The molecule has 0 spiro atoms. The Kier molecular flexibility index (Phi) is 9.47. The van der Waals surface area contributed by atoms with Gasteiger partial charge in [0.05, 0.1) is 13.2 Å². The first-order valence-electron chi connectivity index (χ1n) is 7.91. The van der Waals surface area contributed by atoms with Gasteiger partial charge in [-0.1, -0.05) is 43.7 Å². The van der Waals surface area contributed by atoms with Crippen molar-refractivity contribution in [2.45, 2.75) is 26.4 Å². The lowest BCUT2D eigenvalue weighted by molar-refractivity contribution is -0.142. The van der Waals surface area contributed by atoms with Crippen molar-refractivity contribution in [1.82, 2.24) is 10.2 Å². The molecule has 23 heavy (non-hydrogen) atoms. The molecule has 0 bridgehead atoms. The zero-order valence-electron chi connectivity index (χ0n) is 13.9. The van der Waals surface area contributed by atoms with Crippen molar-refractivity contribution in [2.75, 3.05) is 33.3 Å². The van der Waals surface area contributed by atoms with E-state index in [2.05, 4.69) is 5.32 Å². The number of ether oxygens (including phenoxy) is 2. The van der Waals surface area contributed by atoms with Gasteiger partial charge in [-0.05, 0) is 12.0 Å². The summed E-state index contributed by atoms with van der Waals surface area (Å²) in [4.78, 5) is 24.6. The Hall–Kier alpha value is -2.08. The third-order valence-electron chi connectivity index (χ3n) is 3.17. The maximum atomic E-state index is 11.8. The highest BCUT2D eigenvalue weighted by Crippen LogP contribution is 2.02. The van der Waals surface area contributed by atoms with Gasteiger partial charge in [0.2, 0.25) is 0 Å². The van der Waals surface area contributed by atoms with Crippen LogP contribution in [0.3, 0.4) is 0 Å². The number of hydrogen-bond donors (Lipinski definition) is 1. The number of esters is 1. The van der Waals surface area contributed by atoms with E-state index in [9.17, 15) is 9.59 Å². The number of rotatable bonds is 10. The molecule has 0 saturated heterocycles. The SMILES string of the molecule is CCCCOC(=O)CNCCN(C)C(=O)OCc1ccccc1. The monoisotopic (exact) mass is 322 g/mol. The Morgan fingerprint density at radius 1 is 1.17 bits per heavy atom. The summed E-state index contributed by atoms with van der Waals surface area (Å²) >= 11 is 0. The van der Waals surface area contributed by atoms with E-state index in [1.807, 2.05) is 37.3 Å². The highest BCUT2D eigenvalue weighted by Gasteiger charge is 2.10. The lowest BCUT2D eigenvalue weighted by Crippen LogP contribution is -2.36. The molecule has 0 aliphatic heterocycles. The van der Waals surface area contributed by atoms with Gasteiger partial charge in [0.15, 0.2) is 0 Å². The first kappa shape index (κ1) is 19.0. The van der Waals surface area contributed by atoms with Gasteiger partial charge < -0.3 is 19.7 Å². The van der Waals surface area contributed by atoms with Gasteiger partial charge in [0.1, 0.15) is 6.61 Å². The summed E-state index contributed by atoms with van der Waals surface area (Å²) in [6.07, 6.45) is 1.49. The fraction of sp³-hybridized carbons (Fsp3) is 0.529. The lowest BCUT2D eigenvalue weighted by atomic mass is 10.2. The minimum atomic E-state index is -0.388. The third kappa shape index (κ3) is 8.83. The molecule has 1 amide bonds. The summed E-state index contributed by atoms with van der Waals surface area (Å²) in [6.45, 7) is 3.86. The number of unbranched alkanes of at least 4 members (excludes halogenated alkanes) is 1. The van der Waals surface area contributed by atoms with Crippen LogP contribution >= 0.6 is 0 Å². The topological polar surface area (TPSA) is 67.9 Å². The molecule has 0 radical (unpaired) electrons. The summed E-state index contributed by atoms with van der Waals surface area (Å²) in [6, 6.07) is 9.52. The first-order chi connectivity index (χ1) is 11.1. The van der Waals surface area contributed by atoms with Gasteiger partial charge >= 0.3 is 12.1 Å². The predicted molar refractivity (Wildman–Crippen MR) is 88.0 cm³/mol. The molecule has 0 heterocycles. The zero-order chi connectivity index (χ0) is 16.9. The van der Waals surface area contributed by atoms with Gasteiger partial charge in [0.25, 0.3) is 0 Å². The first-order valence-corrected chi connectivity index (χ1v) is 7.91. The van der Waals surface area contributed by atoms with Crippen LogP contribution < -0.4 is 5.32 Å². The number of carbonyl (C=O) groups is 2. The highest BCUT2D eigenvalue weighted by atomic mass is 16.6. The maximum Gasteiger partial charge on any atom is 0.409 e. The second-order valence-electron chi connectivity index (χ2n) is 5.21. The van der Waals surface area contributed by atoms with Crippen LogP contribution in [0, 0.1) is 0 Å². The number of likely N-dealkylation sites (N-methyl/N-ethyl adjacent to an activating group) is 1. The van der Waals surface area contributed by atoms with Crippen molar-refractivity contribution < 1.29 is 19.1 Å². The second-order valence-corrected chi connectivity index (χ2v) is 5.21. The molecular weight excluding hydrogens is 296 g/mol. The Morgan fingerprint density at radius 3 is 2.61 bits per heavy atom. The van der Waals surface area contributed by atoms with Gasteiger partial charge in [-0.25, -0.2) is 4.79 Å². The molecule has 0 saturated carbocycles. The van der Waals surface area contributed by atoms with E-state index in [1.165, 1.54) is 4.90 Å². The quantitative estimate of drug-likeness (QED) is 0.528. The van der Waals surface area contributed by atoms with Gasteiger partial charge in [-0.15, -0.1) is 0 Å². The molecule has 1 N–H and O–H groups in total. The molecule has 6 heteroatoms. The lowest BCUT2D eigenvalue weighted by Gasteiger charge is -2.17. The Labute approximate surface area is 137 Å². The van der Waals surface area contributed by atoms with E-state index >= 15 is 0 Å². The summed E-state index contributed by atoms with van der Waals surface area (Å²) in [5.41, 5.74) is 0.946. The van der Waals surface area contributed by atoms with Gasteiger partial charge in [-0.2, -0.15) is 0 Å². The Morgan fingerprint density at radius 2 is 1.91 bits per heavy atom. The highest BCUT2D eigenvalue weighted by molar-refractivity contribution is 5.71. The Bertz CT molecular complexity index is 465. The van der Waals surface area contributed by atoms with Crippen LogP contribution in [-0.4, -0.2) is 50.3 Å². The summed E-state index contributed by atoms with van der Waals surface area (Å²) in [7, 11) is 1.66. The van der Waals surface area contributed by atoms with E-state index in [-0.39, 0.29) is 25.2 Å². The maximum absolute atomic E-state index is 11.8. The van der Waals surface area contributed by atoms with E-state index in [4.69, 9.17) is 9.47 Å². The molecular formula is C17H26N2O4. The summed E-state index contributed by atoms with van der Waals surface area (Å²) in [5, 5.41) is 2.95. The van der Waals surface area contributed by atoms with Crippen LogP contribution in [0.25, 0.3) is 0 Å². The minimum absolute atomic E-state index is 0.149. The summed E-state index contributed by atoms with van der Waals surface area (Å²) < 4.78 is 10.2. The third-order valence-corrected chi connectivity index (χ3v) is 3.17. The number of carbonyl (C=O) groups excluding carboxylic acids is 2. The fourth-order valence-electron chi connectivity index (χ4n) is 1.74. The molecule has 0 atom stereocenters. The van der Waals surface area contributed by atoms with Crippen molar-refractivity contribution in [2.24, 2.45) is 0 Å². The van der Waals surface area contributed by atoms with Crippen LogP contribution in [0.15, 0.2) is 30.3 Å². The molecule has 128 valence electrons. The van der Waals surface area contributed by atoms with Crippen molar-refractivity contribution >= 4 is 12.1 Å². The van der Waals surface area contributed by atoms with Crippen molar-refractivity contribution in [3.63, 3.8) is 0 Å². The fourth-order valence-corrected chi connectivity index (χ4v) is 1.74. The molecule has 1 rings (SSSR count). The summed E-state index contributed by atoms with van der Waals surface area (Å²) in [5.74, 6) is -0.271. The van der Waals surface area contributed by atoms with Gasteiger partial charge in [0, 0.05) is 20.1 Å². The largest absolute Gasteiger partial charge is 0.465 e. The van der Waals surface area contributed by atoms with Crippen molar-refractivity contribution in [3.05, 3.63) is 35.9 Å². The molecule has 1 aromatic carbocycles. The smallest absolute Gasteiger partial charge is 0.409 e. The van der Waals surface area contributed by atoms with E-state index in [1.54, 1.807) is 7.05 Å². The van der Waals surface area contributed by atoms with Crippen LogP contribution in [0.1, 0.15) is 25.3 Å². The second kappa shape index (κ2) is 11.5. The predicted octanol–water partition coefficient (Wildman–Crippen LogP) is 2.19. The standard InChI is InChI=1S/C17H26N2O4/c1-3-4-12-22-16(20)13-18-10-11-19(2)17(21)23-14-15-8-6-5-7-9-15/h5-9,18H,3-4,10-14H2,1-2H3. The number of nitrogens with one attached hydrogen (secondary N) is 1. The molecule has 1 aromatic rings. The molecule has 0 aliphatic rings. The van der Waals surface area contributed by atoms with Crippen LogP contribution in [0.2, 0.25) is 0 Å². The number of hydrogen-bond acceptors (Lipinski definition) is 5. The molecule has 0 aromatic heterocycles. The molecule has 0 aliphatic carbocycles. The van der Waals surface area contributed by atoms with Crippen LogP contribution in [0.5, 0.6) is 0 Å². The van der Waals surface area contributed by atoms with E-state index < -0.39 is 0 Å². The van der Waals surface area contributed by atoms with E-state index in [0.717, 1.165) is 18.4 Å². The van der Waals surface area contributed by atoms with Gasteiger partial charge in [-0.3, -0.25) is 4.79 Å². The van der Waals surface area contributed by atoms with E-state index in [0.29, 0.717) is 19.7 Å². The molecule has 6 nitrogen and oxygen atoms in total. The normalized spacial score (nSPS) is 10.2. The van der Waals surface area contributed by atoms with Crippen LogP contribution in [0.4, 0.5) is 4.79 Å². The van der Waals surface area contributed by atoms with Crippen molar-refractivity contribution in [3.8, 4) is 0 Å². The molecule has 0 unspecified atom stereocenters.